The number of hydrogen-bond donors (Lipinski definition) is 3. The van der Waals surface area contributed by atoms with Gasteiger partial charge in [-0.15, -0.1) is 0 Å². The summed E-state index contributed by atoms with van der Waals surface area (Å²) < 4.78 is 24.8. The molecule has 2 rings (SSSR count). The molecule has 1 aliphatic heterocycles. The van der Waals surface area contributed by atoms with Crippen LogP contribution >= 0.6 is 0 Å². The van der Waals surface area contributed by atoms with Crippen molar-refractivity contribution < 1.29 is 23.1 Å². The van der Waals surface area contributed by atoms with E-state index in [4.69, 9.17) is 5.11 Å². The molecule has 0 fully saturated rings. The fourth-order valence-electron chi connectivity index (χ4n) is 1.58. The van der Waals surface area contributed by atoms with Gasteiger partial charge in [-0.1, -0.05) is 0 Å². The number of fused-ring (bicyclic) bond motifs is 1. The van der Waals surface area contributed by atoms with Gasteiger partial charge in [0.25, 0.3) is 15.9 Å². The molecule has 0 saturated heterocycles. The van der Waals surface area contributed by atoms with Crippen molar-refractivity contribution in [2.75, 3.05) is 5.32 Å². The van der Waals surface area contributed by atoms with Crippen LogP contribution in [0.4, 0.5) is 5.69 Å². The molecule has 18 heavy (non-hydrogen) atoms. The molecule has 1 aromatic rings. The standard InChI is InChI=1S/C10H10N2O5S/c1-5(10(14)15)11-6-2-3-8-7(4-6)9(13)12-18(8,16)17/h2-5,11H,1H3,(H,12,13)(H,14,15). The SMILES string of the molecule is CC(Nc1ccc2c(c1)C(=O)NS2(=O)=O)C(=O)O. The van der Waals surface area contributed by atoms with Gasteiger partial charge in [-0.05, 0) is 25.1 Å². The number of hydrogen-bond acceptors (Lipinski definition) is 5. The Morgan fingerprint density at radius 2 is 2.11 bits per heavy atom. The normalized spacial score (nSPS) is 17.7. The van der Waals surface area contributed by atoms with E-state index in [-0.39, 0.29) is 10.5 Å². The van der Waals surface area contributed by atoms with Crippen LogP contribution in [0.3, 0.4) is 0 Å². The number of anilines is 1. The van der Waals surface area contributed by atoms with Crippen molar-refractivity contribution in [3.63, 3.8) is 0 Å². The number of nitrogens with one attached hydrogen (secondary N) is 2. The van der Waals surface area contributed by atoms with Gasteiger partial charge in [-0.25, -0.2) is 13.1 Å². The summed E-state index contributed by atoms with van der Waals surface area (Å²) in [5.74, 6) is -1.76. The number of sulfonamides is 1. The van der Waals surface area contributed by atoms with Crippen molar-refractivity contribution in [1.29, 1.82) is 0 Å². The minimum Gasteiger partial charge on any atom is -0.480 e. The summed E-state index contributed by atoms with van der Waals surface area (Å²) in [5.41, 5.74) is 0.383. The van der Waals surface area contributed by atoms with E-state index < -0.39 is 27.9 Å². The largest absolute Gasteiger partial charge is 0.480 e. The van der Waals surface area contributed by atoms with Gasteiger partial charge in [0.05, 0.1) is 5.56 Å². The summed E-state index contributed by atoms with van der Waals surface area (Å²) in [6.45, 7) is 1.44. The molecular formula is C10H10N2O5S. The molecular weight excluding hydrogens is 260 g/mol. The first-order valence-electron chi connectivity index (χ1n) is 5.02. The summed E-state index contributed by atoms with van der Waals surface area (Å²) in [4.78, 5) is 22.0. The van der Waals surface area contributed by atoms with E-state index in [9.17, 15) is 18.0 Å². The number of rotatable bonds is 3. The van der Waals surface area contributed by atoms with Crippen LogP contribution < -0.4 is 10.0 Å². The molecule has 0 radical (unpaired) electrons. The second-order valence-corrected chi connectivity index (χ2v) is 5.50. The van der Waals surface area contributed by atoms with Crippen LogP contribution in [0, 0.1) is 0 Å². The number of amides is 1. The molecule has 1 unspecified atom stereocenters. The molecule has 8 heteroatoms. The summed E-state index contributed by atoms with van der Waals surface area (Å²) in [6.07, 6.45) is 0. The lowest BCUT2D eigenvalue weighted by Crippen LogP contribution is -2.25. The Hall–Kier alpha value is -2.09. The van der Waals surface area contributed by atoms with E-state index in [2.05, 4.69) is 5.32 Å². The lowest BCUT2D eigenvalue weighted by Gasteiger charge is -2.10. The highest BCUT2D eigenvalue weighted by Crippen LogP contribution is 2.25. The van der Waals surface area contributed by atoms with Crippen LogP contribution in [0.5, 0.6) is 0 Å². The Morgan fingerprint density at radius 3 is 2.72 bits per heavy atom. The molecule has 3 N–H and O–H groups in total. The molecule has 1 heterocycles. The lowest BCUT2D eigenvalue weighted by atomic mass is 10.2. The smallest absolute Gasteiger partial charge is 0.325 e. The zero-order chi connectivity index (χ0) is 13.5. The van der Waals surface area contributed by atoms with Crippen molar-refractivity contribution in [2.45, 2.75) is 17.9 Å². The minimum absolute atomic E-state index is 0.0117. The van der Waals surface area contributed by atoms with E-state index in [0.717, 1.165) is 0 Å². The first-order chi connectivity index (χ1) is 8.31. The number of carboxylic acid groups (broad SMARTS) is 1. The van der Waals surface area contributed by atoms with Gasteiger partial charge < -0.3 is 10.4 Å². The topological polar surface area (TPSA) is 113 Å². The van der Waals surface area contributed by atoms with Crippen LogP contribution in [0.15, 0.2) is 23.1 Å². The second-order valence-electron chi connectivity index (χ2n) is 3.85. The zero-order valence-electron chi connectivity index (χ0n) is 9.30. The molecule has 1 amide bonds. The fourth-order valence-corrected chi connectivity index (χ4v) is 2.73. The Bertz CT molecular complexity index is 638. The quantitative estimate of drug-likeness (QED) is 0.712. The van der Waals surface area contributed by atoms with Gasteiger partial charge in [0, 0.05) is 5.69 Å². The predicted molar refractivity (Wildman–Crippen MR) is 61.8 cm³/mol. The van der Waals surface area contributed by atoms with Gasteiger partial charge in [0.15, 0.2) is 0 Å². The molecule has 0 aromatic heterocycles. The fraction of sp³-hybridized carbons (Fsp3) is 0.200. The monoisotopic (exact) mass is 270 g/mol. The van der Waals surface area contributed by atoms with Crippen LogP contribution in [-0.2, 0) is 14.8 Å². The molecule has 1 atom stereocenters. The molecule has 0 saturated carbocycles. The molecule has 0 spiro atoms. The third-order valence-electron chi connectivity index (χ3n) is 2.49. The van der Waals surface area contributed by atoms with E-state index >= 15 is 0 Å². The van der Waals surface area contributed by atoms with Gasteiger partial charge >= 0.3 is 5.97 Å². The summed E-state index contributed by atoms with van der Waals surface area (Å²) >= 11 is 0. The van der Waals surface area contributed by atoms with Gasteiger partial charge in [-0.2, -0.15) is 0 Å². The second kappa shape index (κ2) is 3.98. The molecule has 1 aliphatic rings. The van der Waals surface area contributed by atoms with E-state index in [1.807, 2.05) is 4.72 Å². The van der Waals surface area contributed by atoms with E-state index in [1.54, 1.807) is 0 Å². The number of benzene rings is 1. The Kier molecular flexibility index (Phi) is 2.74. The predicted octanol–water partition coefficient (Wildman–Crippen LogP) is 0.00370. The maximum atomic E-state index is 11.5. The molecule has 0 bridgehead atoms. The zero-order valence-corrected chi connectivity index (χ0v) is 10.1. The Balaban J connectivity index is 2.38. The van der Waals surface area contributed by atoms with Gasteiger partial charge in [0.2, 0.25) is 0 Å². The maximum absolute atomic E-state index is 11.5. The number of aliphatic carboxylic acids is 1. The Morgan fingerprint density at radius 1 is 1.44 bits per heavy atom. The van der Waals surface area contributed by atoms with Crippen molar-refractivity contribution in [2.24, 2.45) is 0 Å². The molecule has 1 aromatic carbocycles. The molecule has 7 nitrogen and oxygen atoms in total. The minimum atomic E-state index is -3.76. The molecule has 0 aliphatic carbocycles. The van der Waals surface area contributed by atoms with Crippen LogP contribution in [0.2, 0.25) is 0 Å². The van der Waals surface area contributed by atoms with Gasteiger partial charge in [-0.3, -0.25) is 9.59 Å². The Labute approximate surface area is 103 Å². The van der Waals surface area contributed by atoms with Crippen LogP contribution in [0.25, 0.3) is 0 Å². The van der Waals surface area contributed by atoms with E-state index in [0.29, 0.717) is 5.69 Å². The van der Waals surface area contributed by atoms with E-state index in [1.165, 1.54) is 25.1 Å². The van der Waals surface area contributed by atoms with Crippen molar-refractivity contribution >= 4 is 27.6 Å². The summed E-state index contributed by atoms with van der Waals surface area (Å²) in [6, 6.07) is 3.15. The third kappa shape index (κ3) is 2.02. The highest BCUT2D eigenvalue weighted by atomic mass is 32.2. The first-order valence-corrected chi connectivity index (χ1v) is 6.50. The highest BCUT2D eigenvalue weighted by molar-refractivity contribution is 7.90. The average Bonchev–Trinajstić information content (AvgIpc) is 2.49. The van der Waals surface area contributed by atoms with Gasteiger partial charge in [0.1, 0.15) is 10.9 Å². The van der Waals surface area contributed by atoms with Crippen molar-refractivity contribution in [1.82, 2.24) is 4.72 Å². The third-order valence-corrected chi connectivity index (χ3v) is 3.88. The lowest BCUT2D eigenvalue weighted by molar-refractivity contribution is -0.137. The number of carboxylic acids is 1. The van der Waals surface area contributed by atoms with Crippen LogP contribution in [0.1, 0.15) is 17.3 Å². The van der Waals surface area contributed by atoms with Crippen molar-refractivity contribution in [3.05, 3.63) is 23.8 Å². The van der Waals surface area contributed by atoms with Crippen molar-refractivity contribution in [3.8, 4) is 0 Å². The number of carbonyl (C=O) groups excluding carboxylic acids is 1. The maximum Gasteiger partial charge on any atom is 0.325 e. The average molecular weight is 270 g/mol. The molecule has 96 valence electrons. The number of carbonyl (C=O) groups is 2. The summed E-state index contributed by atoms with van der Waals surface area (Å²) in [7, 11) is -3.76. The van der Waals surface area contributed by atoms with Crippen LogP contribution in [-0.4, -0.2) is 31.4 Å². The highest BCUT2D eigenvalue weighted by Gasteiger charge is 2.32. The summed E-state index contributed by atoms with van der Waals surface area (Å²) in [5, 5.41) is 11.4. The first kappa shape index (κ1) is 12.4.